The Morgan fingerprint density at radius 1 is 1.08 bits per heavy atom. The van der Waals surface area contributed by atoms with Crippen LogP contribution in [-0.2, 0) is 11.3 Å². The van der Waals surface area contributed by atoms with E-state index in [1.807, 2.05) is 24.3 Å². The molecule has 0 amide bonds. The van der Waals surface area contributed by atoms with E-state index >= 15 is 0 Å². The number of anilines is 1. The molecule has 36 heavy (non-hydrogen) atoms. The molecule has 3 aliphatic rings. The predicted octanol–water partition coefficient (Wildman–Crippen LogP) is 2.33. The van der Waals surface area contributed by atoms with Gasteiger partial charge in [0.15, 0.2) is 17.7 Å². The van der Waals surface area contributed by atoms with Crippen LogP contribution in [-0.4, -0.2) is 79.9 Å². The monoisotopic (exact) mass is 495 g/mol. The number of rotatable bonds is 8. The zero-order chi connectivity index (χ0) is 25.1. The summed E-state index contributed by atoms with van der Waals surface area (Å²) in [7, 11) is 1.59. The normalized spacial score (nSPS) is 20.0. The maximum atomic E-state index is 11.7. The Morgan fingerprint density at radius 2 is 1.86 bits per heavy atom. The molecule has 9 nitrogen and oxygen atoms in total. The zero-order valence-corrected chi connectivity index (χ0v) is 20.5. The lowest BCUT2D eigenvalue weighted by Crippen LogP contribution is -2.48. The third-order valence-electron chi connectivity index (χ3n) is 7.12. The molecule has 0 aromatic heterocycles. The van der Waals surface area contributed by atoms with Crippen molar-refractivity contribution in [1.82, 2.24) is 10.2 Å². The number of aliphatic hydroxyl groups excluding tert-OH is 1. The van der Waals surface area contributed by atoms with E-state index in [1.165, 1.54) is 11.6 Å². The van der Waals surface area contributed by atoms with Gasteiger partial charge >= 0.3 is 5.97 Å². The Morgan fingerprint density at radius 3 is 2.61 bits per heavy atom. The number of fused-ring (bicyclic) bond motifs is 2. The maximum absolute atomic E-state index is 11.7. The molecule has 1 saturated heterocycles. The number of hydrogen-bond donors (Lipinski definition) is 3. The minimum Gasteiger partial charge on any atom is -0.497 e. The van der Waals surface area contributed by atoms with E-state index in [-0.39, 0.29) is 5.57 Å². The first-order valence-electron chi connectivity index (χ1n) is 12.4. The van der Waals surface area contributed by atoms with Gasteiger partial charge < -0.3 is 39.5 Å². The molecule has 0 radical (unpaired) electrons. The van der Waals surface area contributed by atoms with Gasteiger partial charge in [-0.1, -0.05) is 6.07 Å². The second kappa shape index (κ2) is 10.8. The highest BCUT2D eigenvalue weighted by atomic mass is 16.6. The van der Waals surface area contributed by atoms with E-state index < -0.39 is 12.2 Å². The van der Waals surface area contributed by atoms with Crippen LogP contribution in [0.1, 0.15) is 24.0 Å². The van der Waals surface area contributed by atoms with Crippen molar-refractivity contribution in [3.63, 3.8) is 0 Å². The van der Waals surface area contributed by atoms with Crippen molar-refractivity contribution in [2.45, 2.75) is 31.7 Å². The lowest BCUT2D eigenvalue weighted by molar-refractivity contribution is -0.133. The van der Waals surface area contributed by atoms with Gasteiger partial charge in [0.2, 0.25) is 0 Å². The number of carbonyl (C=O) groups is 1. The molecule has 2 aromatic carbocycles. The first kappa shape index (κ1) is 24.4. The van der Waals surface area contributed by atoms with E-state index in [2.05, 4.69) is 16.3 Å². The Bertz CT molecular complexity index is 1130. The van der Waals surface area contributed by atoms with E-state index in [0.29, 0.717) is 31.5 Å². The van der Waals surface area contributed by atoms with Crippen molar-refractivity contribution >= 4 is 17.7 Å². The van der Waals surface area contributed by atoms with Gasteiger partial charge in [-0.05, 0) is 67.4 Å². The van der Waals surface area contributed by atoms with Crippen molar-refractivity contribution in [2.24, 2.45) is 0 Å². The minimum absolute atomic E-state index is 0.0188. The molecule has 192 valence electrons. The fourth-order valence-corrected chi connectivity index (χ4v) is 5.05. The number of aliphatic hydroxyl groups is 1. The van der Waals surface area contributed by atoms with E-state index in [0.717, 1.165) is 61.8 Å². The summed E-state index contributed by atoms with van der Waals surface area (Å²) < 4.78 is 16.6. The molecule has 1 atom stereocenters. The molecule has 0 bridgehead atoms. The Labute approximate surface area is 210 Å². The van der Waals surface area contributed by atoms with Crippen LogP contribution in [0.4, 0.5) is 5.69 Å². The third-order valence-corrected chi connectivity index (χ3v) is 7.12. The molecule has 0 saturated carbocycles. The molecule has 3 aliphatic heterocycles. The fourth-order valence-electron chi connectivity index (χ4n) is 5.05. The number of nitrogens with zero attached hydrogens (tertiary/aromatic N) is 2. The maximum Gasteiger partial charge on any atom is 0.336 e. The number of carboxylic acids is 1. The summed E-state index contributed by atoms with van der Waals surface area (Å²) in [4.78, 5) is 15.8. The van der Waals surface area contributed by atoms with Gasteiger partial charge in [0.1, 0.15) is 19.0 Å². The Balaban J connectivity index is 1.14. The van der Waals surface area contributed by atoms with Gasteiger partial charge in [-0.2, -0.15) is 0 Å². The molecule has 9 heteroatoms. The van der Waals surface area contributed by atoms with Crippen LogP contribution in [0, 0.1) is 0 Å². The van der Waals surface area contributed by atoms with Gasteiger partial charge in [0.25, 0.3) is 0 Å². The van der Waals surface area contributed by atoms with Crippen LogP contribution < -0.4 is 24.4 Å². The highest BCUT2D eigenvalue weighted by molar-refractivity contribution is 5.97. The summed E-state index contributed by atoms with van der Waals surface area (Å²) in [5.41, 5.74) is 2.70. The second-order valence-corrected chi connectivity index (χ2v) is 9.37. The summed E-state index contributed by atoms with van der Waals surface area (Å²) >= 11 is 0. The Kier molecular flexibility index (Phi) is 7.31. The van der Waals surface area contributed by atoms with Crippen molar-refractivity contribution in [3.05, 3.63) is 53.1 Å². The van der Waals surface area contributed by atoms with Crippen LogP contribution in [0.2, 0.25) is 0 Å². The molecule has 1 fully saturated rings. The average molecular weight is 496 g/mol. The molecule has 1 unspecified atom stereocenters. The van der Waals surface area contributed by atoms with Crippen molar-refractivity contribution < 1.29 is 29.2 Å². The molecule has 3 heterocycles. The highest BCUT2D eigenvalue weighted by Crippen LogP contribution is 2.35. The number of piperidine rings is 1. The number of methoxy groups -OCH3 is 1. The van der Waals surface area contributed by atoms with Gasteiger partial charge in [0, 0.05) is 37.4 Å². The van der Waals surface area contributed by atoms with Crippen molar-refractivity contribution in [2.75, 3.05) is 51.4 Å². The largest absolute Gasteiger partial charge is 0.497 e. The van der Waals surface area contributed by atoms with E-state index in [1.54, 1.807) is 18.1 Å². The molecular weight excluding hydrogens is 462 g/mol. The minimum atomic E-state index is -1.20. The number of ether oxygens (including phenoxy) is 3. The number of carboxylic acid groups (broad SMARTS) is 1. The molecular formula is C27H33N3O6. The second-order valence-electron chi connectivity index (χ2n) is 9.37. The predicted molar refractivity (Wildman–Crippen MR) is 136 cm³/mol. The lowest BCUT2D eigenvalue weighted by Gasteiger charge is -2.38. The molecule has 2 aromatic rings. The van der Waals surface area contributed by atoms with Crippen molar-refractivity contribution in [3.8, 4) is 17.2 Å². The highest BCUT2D eigenvalue weighted by Gasteiger charge is 2.31. The third kappa shape index (κ3) is 5.28. The van der Waals surface area contributed by atoms with Crippen LogP contribution in [0.3, 0.4) is 0 Å². The fraction of sp³-hybridized carbons (Fsp3) is 0.444. The summed E-state index contributed by atoms with van der Waals surface area (Å²) in [5.74, 6) is 1.18. The molecule has 0 spiro atoms. The zero-order valence-electron chi connectivity index (χ0n) is 20.5. The number of benzene rings is 2. The van der Waals surface area contributed by atoms with Crippen molar-refractivity contribution in [1.29, 1.82) is 0 Å². The van der Waals surface area contributed by atoms with E-state index in [4.69, 9.17) is 14.2 Å². The SMILES string of the molecule is COc1ccc2c(c1)N(CCN1CCC(NCc3ccc4c(c3)OCCO4)CC1)C(O)C(C(=O)O)=C2. The summed E-state index contributed by atoms with van der Waals surface area (Å²) in [6.45, 7) is 5.09. The molecule has 5 rings (SSSR count). The average Bonchev–Trinajstić information content (AvgIpc) is 2.91. The lowest BCUT2D eigenvalue weighted by atomic mass is 10.00. The van der Waals surface area contributed by atoms with Gasteiger partial charge in [-0.3, -0.25) is 0 Å². The molecule has 0 aliphatic carbocycles. The number of aliphatic carboxylic acids is 1. The van der Waals surface area contributed by atoms with Gasteiger partial charge in [0.05, 0.1) is 12.7 Å². The van der Waals surface area contributed by atoms with Gasteiger partial charge in [-0.25, -0.2) is 4.79 Å². The van der Waals surface area contributed by atoms with Gasteiger partial charge in [-0.15, -0.1) is 0 Å². The topological polar surface area (TPSA) is 104 Å². The summed E-state index contributed by atoms with van der Waals surface area (Å²) in [6.07, 6.45) is 2.39. The van der Waals surface area contributed by atoms with Crippen LogP contribution >= 0.6 is 0 Å². The summed E-state index contributed by atoms with van der Waals surface area (Å²) in [5, 5.41) is 24.1. The van der Waals surface area contributed by atoms with E-state index in [9.17, 15) is 15.0 Å². The number of likely N-dealkylation sites (tertiary alicyclic amines) is 1. The smallest absolute Gasteiger partial charge is 0.336 e. The quantitative estimate of drug-likeness (QED) is 0.509. The van der Waals surface area contributed by atoms with Crippen LogP contribution in [0.25, 0.3) is 6.08 Å². The molecule has 3 N–H and O–H groups in total. The Hall–Kier alpha value is -3.27. The first-order chi connectivity index (χ1) is 17.5. The number of nitrogens with one attached hydrogen (secondary N) is 1. The number of hydrogen-bond acceptors (Lipinski definition) is 8. The standard InChI is InChI=1S/C27H33N3O6/c1-34-21-4-3-19-15-22(27(32)33)26(31)30(23(19)16-21)11-10-29-8-6-20(7-9-29)28-17-18-2-5-24-25(14-18)36-13-12-35-24/h2-5,14-16,20,26,28,31H,6-13,17H2,1H3,(H,32,33). The van der Waals surface area contributed by atoms with Crippen LogP contribution in [0.5, 0.6) is 17.2 Å². The summed E-state index contributed by atoms with van der Waals surface area (Å²) in [6, 6.07) is 12.0. The van der Waals surface area contributed by atoms with Crippen LogP contribution in [0.15, 0.2) is 42.0 Å². The first-order valence-corrected chi connectivity index (χ1v) is 12.4.